The molecule has 0 atom stereocenters. The summed E-state index contributed by atoms with van der Waals surface area (Å²) in [5.41, 5.74) is 1.78. The minimum absolute atomic E-state index is 0.0497. The molecule has 3 aromatic rings. The Labute approximate surface area is 150 Å². The lowest BCUT2D eigenvalue weighted by atomic mass is 9.89. The van der Waals surface area contributed by atoms with Crippen molar-refractivity contribution in [2.45, 2.75) is 18.9 Å². The van der Waals surface area contributed by atoms with Crippen LogP contribution in [0.4, 0.5) is 0 Å². The van der Waals surface area contributed by atoms with Gasteiger partial charge < -0.3 is 4.98 Å². The number of hydrogen-bond donors (Lipinski definition) is 1. The first-order chi connectivity index (χ1) is 12.5. The minimum Gasteiger partial charge on any atom is -0.345 e. The summed E-state index contributed by atoms with van der Waals surface area (Å²) in [6.45, 7) is 2.13. The van der Waals surface area contributed by atoms with Crippen LogP contribution in [-0.2, 0) is 15.6 Å². The molecule has 1 aliphatic rings. The lowest BCUT2D eigenvalue weighted by Gasteiger charge is -2.47. The van der Waals surface area contributed by atoms with E-state index >= 15 is 0 Å². The molecule has 0 bridgehead atoms. The van der Waals surface area contributed by atoms with Crippen LogP contribution >= 0.6 is 0 Å². The van der Waals surface area contributed by atoms with Crippen LogP contribution in [0.2, 0.25) is 0 Å². The Hall–Kier alpha value is -2.77. The summed E-state index contributed by atoms with van der Waals surface area (Å²) < 4.78 is 27.2. The second-order valence-corrected chi connectivity index (χ2v) is 8.66. The van der Waals surface area contributed by atoms with Crippen molar-refractivity contribution in [2.24, 2.45) is 0 Å². The number of aromatic amines is 1. The highest BCUT2D eigenvalue weighted by atomic mass is 32.2. The highest BCUT2D eigenvalue weighted by Gasteiger charge is 2.49. The van der Waals surface area contributed by atoms with E-state index in [-0.39, 0.29) is 25.3 Å². The zero-order valence-electron chi connectivity index (χ0n) is 14.1. The van der Waals surface area contributed by atoms with Crippen LogP contribution in [0.1, 0.15) is 13.3 Å². The van der Waals surface area contributed by atoms with Gasteiger partial charge in [0.2, 0.25) is 10.0 Å². The Kier molecular flexibility index (Phi) is 3.78. The van der Waals surface area contributed by atoms with Gasteiger partial charge in [-0.15, -0.1) is 5.10 Å². The van der Waals surface area contributed by atoms with E-state index in [1.54, 1.807) is 30.2 Å². The average molecular weight is 371 g/mol. The van der Waals surface area contributed by atoms with Gasteiger partial charge in [0, 0.05) is 42.0 Å². The van der Waals surface area contributed by atoms with Crippen molar-refractivity contribution < 1.29 is 8.42 Å². The second-order valence-electron chi connectivity index (χ2n) is 6.40. The predicted molar refractivity (Wildman–Crippen MR) is 94.3 cm³/mol. The van der Waals surface area contributed by atoms with Gasteiger partial charge in [0.25, 0.3) is 0 Å². The first-order valence-corrected chi connectivity index (χ1v) is 9.79. The third-order valence-corrected chi connectivity index (χ3v) is 6.62. The number of nitrogens with one attached hydrogen (secondary N) is 1. The molecule has 0 radical (unpaired) electrons. The lowest BCUT2D eigenvalue weighted by molar-refractivity contribution is 0.0719. The van der Waals surface area contributed by atoms with E-state index in [2.05, 4.69) is 26.3 Å². The number of hydrogen-bond acceptors (Lipinski definition) is 6. The molecule has 4 heterocycles. The Morgan fingerprint density at radius 1 is 1.38 bits per heavy atom. The third-order valence-electron chi connectivity index (χ3n) is 4.85. The van der Waals surface area contributed by atoms with Gasteiger partial charge in [0.1, 0.15) is 5.54 Å². The van der Waals surface area contributed by atoms with E-state index < -0.39 is 15.6 Å². The van der Waals surface area contributed by atoms with Crippen molar-refractivity contribution in [1.82, 2.24) is 29.3 Å². The van der Waals surface area contributed by atoms with E-state index in [9.17, 15) is 13.7 Å². The first-order valence-electron chi connectivity index (χ1n) is 8.18. The average Bonchev–Trinajstić information content (AvgIpc) is 3.26. The van der Waals surface area contributed by atoms with Crippen molar-refractivity contribution in [3.05, 3.63) is 30.9 Å². The minimum atomic E-state index is -3.27. The van der Waals surface area contributed by atoms with E-state index in [1.807, 2.05) is 12.3 Å². The van der Waals surface area contributed by atoms with Crippen LogP contribution in [0.3, 0.4) is 0 Å². The van der Waals surface area contributed by atoms with E-state index in [4.69, 9.17) is 0 Å². The highest BCUT2D eigenvalue weighted by Crippen LogP contribution is 2.36. The molecule has 3 aromatic heterocycles. The molecule has 9 nitrogen and oxygen atoms in total. The molecule has 1 saturated heterocycles. The quantitative estimate of drug-likeness (QED) is 0.717. The van der Waals surface area contributed by atoms with E-state index in [1.165, 1.54) is 4.31 Å². The normalized spacial score (nSPS) is 17.1. The van der Waals surface area contributed by atoms with Crippen molar-refractivity contribution >= 4 is 21.1 Å². The van der Waals surface area contributed by atoms with Crippen LogP contribution in [0.25, 0.3) is 22.2 Å². The maximum atomic E-state index is 12.0. The van der Waals surface area contributed by atoms with Crippen LogP contribution in [0.5, 0.6) is 0 Å². The molecule has 0 aromatic carbocycles. The van der Waals surface area contributed by atoms with E-state index in [0.717, 1.165) is 16.5 Å². The molecule has 0 spiro atoms. The monoisotopic (exact) mass is 371 g/mol. The number of H-pyrrole nitrogens is 1. The number of aromatic nitrogens is 5. The molecule has 1 aliphatic heterocycles. The summed E-state index contributed by atoms with van der Waals surface area (Å²) >= 11 is 0. The smallest absolute Gasteiger partial charge is 0.213 e. The Morgan fingerprint density at radius 3 is 2.92 bits per heavy atom. The van der Waals surface area contributed by atoms with Crippen molar-refractivity contribution in [1.29, 1.82) is 5.26 Å². The fourth-order valence-electron chi connectivity index (χ4n) is 3.30. The summed E-state index contributed by atoms with van der Waals surface area (Å²) in [5.74, 6) is 0.0497. The molecule has 10 heteroatoms. The molecule has 26 heavy (non-hydrogen) atoms. The molecular weight excluding hydrogens is 354 g/mol. The summed E-state index contributed by atoms with van der Waals surface area (Å²) in [6, 6.07) is 4.08. The molecular formula is C16H17N7O2S. The number of fused-ring (bicyclic) bond motifs is 1. The fourth-order valence-corrected chi connectivity index (χ4v) is 4.54. The number of rotatable bonds is 5. The Morgan fingerprint density at radius 2 is 2.19 bits per heavy atom. The van der Waals surface area contributed by atoms with Crippen molar-refractivity contribution in [2.75, 3.05) is 18.8 Å². The number of sulfonamides is 1. The molecule has 134 valence electrons. The molecule has 0 saturated carbocycles. The predicted octanol–water partition coefficient (Wildman–Crippen LogP) is 1.10. The van der Waals surface area contributed by atoms with Crippen molar-refractivity contribution in [3.63, 3.8) is 0 Å². The lowest BCUT2D eigenvalue weighted by Crippen LogP contribution is -2.64. The summed E-state index contributed by atoms with van der Waals surface area (Å²) in [6.07, 6.45) is 7.21. The zero-order valence-corrected chi connectivity index (χ0v) is 14.9. The van der Waals surface area contributed by atoms with Gasteiger partial charge in [0.05, 0.1) is 30.6 Å². The molecule has 0 amide bonds. The third kappa shape index (κ3) is 2.48. The van der Waals surface area contributed by atoms with Gasteiger partial charge in [-0.3, -0.25) is 4.68 Å². The second kappa shape index (κ2) is 5.89. The SMILES string of the molecule is CCS(=O)(=O)N1CC(CC#N)(n2cc(-c3cnnc4[nH]ccc34)cn2)C1. The van der Waals surface area contributed by atoms with Crippen LogP contribution in [-0.4, -0.2) is 56.5 Å². The van der Waals surface area contributed by atoms with Crippen LogP contribution in [0.15, 0.2) is 30.9 Å². The topological polar surface area (TPSA) is 121 Å². The molecule has 1 N–H and O–H groups in total. The molecule has 0 aliphatic carbocycles. The highest BCUT2D eigenvalue weighted by molar-refractivity contribution is 7.89. The maximum Gasteiger partial charge on any atom is 0.213 e. The van der Waals surface area contributed by atoms with E-state index in [0.29, 0.717) is 5.65 Å². The zero-order chi connectivity index (χ0) is 18.4. The molecule has 1 fully saturated rings. The van der Waals surface area contributed by atoms with Gasteiger partial charge >= 0.3 is 0 Å². The van der Waals surface area contributed by atoms with Crippen molar-refractivity contribution in [3.8, 4) is 17.2 Å². The summed E-state index contributed by atoms with van der Waals surface area (Å²) in [7, 11) is -3.27. The van der Waals surface area contributed by atoms with Crippen LogP contribution < -0.4 is 0 Å². The molecule has 0 unspecified atom stereocenters. The van der Waals surface area contributed by atoms with Crippen LogP contribution in [0, 0.1) is 11.3 Å². The van der Waals surface area contributed by atoms with Gasteiger partial charge in [-0.1, -0.05) is 0 Å². The summed E-state index contributed by atoms with van der Waals surface area (Å²) in [4.78, 5) is 3.02. The first kappa shape index (κ1) is 16.7. The van der Waals surface area contributed by atoms with Gasteiger partial charge in [-0.2, -0.15) is 19.8 Å². The number of nitriles is 1. The Bertz CT molecular complexity index is 1100. The number of nitrogens with zero attached hydrogens (tertiary/aromatic N) is 6. The molecule has 4 rings (SSSR count). The van der Waals surface area contributed by atoms with Gasteiger partial charge in [-0.25, -0.2) is 8.42 Å². The largest absolute Gasteiger partial charge is 0.345 e. The maximum absolute atomic E-state index is 12.0. The standard InChI is InChI=1S/C16H17N7O2S/c1-2-26(24,25)22-10-16(11-22,4-5-17)23-9-12(7-20-23)14-8-19-21-15-13(14)3-6-18-15/h3,6-9H,2,4,10-11H2,1H3,(H,18,21). The Balaban J connectivity index is 1.69. The van der Waals surface area contributed by atoms with Gasteiger partial charge in [0.15, 0.2) is 5.65 Å². The summed E-state index contributed by atoms with van der Waals surface area (Å²) in [5, 5.41) is 22.6. The van der Waals surface area contributed by atoms with Gasteiger partial charge in [-0.05, 0) is 13.0 Å². The fraction of sp³-hybridized carbons (Fsp3) is 0.375.